The van der Waals surface area contributed by atoms with E-state index in [0.29, 0.717) is 22.1 Å². The summed E-state index contributed by atoms with van der Waals surface area (Å²) >= 11 is 6.34. The van der Waals surface area contributed by atoms with E-state index in [1.54, 1.807) is 24.4 Å². The first-order valence-electron chi connectivity index (χ1n) is 7.71. The number of carbonyl (C=O) groups excluding carboxylic acids is 2. The average molecular weight is 374 g/mol. The summed E-state index contributed by atoms with van der Waals surface area (Å²) in [6.45, 7) is 1.82. The van der Waals surface area contributed by atoms with Gasteiger partial charge in [0.15, 0.2) is 5.58 Å². The first kappa shape index (κ1) is 17.8. The molecule has 0 unspecified atom stereocenters. The fourth-order valence-electron chi connectivity index (χ4n) is 2.73. The number of nitrogens with zero attached hydrogens (tertiary/aromatic N) is 1. The molecule has 1 aliphatic heterocycles. The molecule has 1 aliphatic rings. The maximum Gasteiger partial charge on any atom is 0.355 e. The standard InChI is InChI=1S/C19H16ClNO5/c1-11-8-12-9-13(10-15(20)17(12)26-11)21-7-5-4-6-14(18(22)24-2)16(21)19(23)25-3/h4-10H,1-3H3. The Bertz CT molecular complexity index is 983. The van der Waals surface area contributed by atoms with Crippen LogP contribution in [0.1, 0.15) is 5.76 Å². The van der Waals surface area contributed by atoms with Gasteiger partial charge in [0.05, 0.1) is 24.8 Å². The molecule has 0 fully saturated rings. The van der Waals surface area contributed by atoms with Crippen molar-refractivity contribution in [2.24, 2.45) is 0 Å². The molecule has 1 aromatic carbocycles. The summed E-state index contributed by atoms with van der Waals surface area (Å²) in [6.07, 6.45) is 6.47. The molecular weight excluding hydrogens is 358 g/mol. The highest BCUT2D eigenvalue weighted by Crippen LogP contribution is 2.35. The van der Waals surface area contributed by atoms with Crippen LogP contribution < -0.4 is 4.90 Å². The van der Waals surface area contributed by atoms with Crippen LogP contribution in [-0.2, 0) is 19.1 Å². The third-order valence-corrected chi connectivity index (χ3v) is 4.13. The first-order chi connectivity index (χ1) is 12.5. The van der Waals surface area contributed by atoms with Crippen molar-refractivity contribution in [2.75, 3.05) is 19.1 Å². The van der Waals surface area contributed by atoms with Gasteiger partial charge in [-0.2, -0.15) is 0 Å². The number of hydrogen-bond donors (Lipinski definition) is 0. The van der Waals surface area contributed by atoms with Gasteiger partial charge in [-0.05, 0) is 37.3 Å². The van der Waals surface area contributed by atoms with Crippen molar-refractivity contribution in [2.45, 2.75) is 6.92 Å². The van der Waals surface area contributed by atoms with E-state index in [4.69, 9.17) is 25.5 Å². The van der Waals surface area contributed by atoms with Crippen LogP contribution in [0.15, 0.2) is 58.3 Å². The highest BCUT2D eigenvalue weighted by Gasteiger charge is 2.28. The Labute approximate surface area is 154 Å². The molecule has 0 saturated heterocycles. The van der Waals surface area contributed by atoms with Gasteiger partial charge in [-0.25, -0.2) is 9.59 Å². The Kier molecular flexibility index (Phi) is 4.86. The largest absolute Gasteiger partial charge is 0.465 e. The highest BCUT2D eigenvalue weighted by atomic mass is 35.5. The summed E-state index contributed by atoms with van der Waals surface area (Å²) in [4.78, 5) is 26.1. The zero-order valence-electron chi connectivity index (χ0n) is 14.4. The van der Waals surface area contributed by atoms with Crippen molar-refractivity contribution in [3.63, 3.8) is 0 Å². The van der Waals surface area contributed by atoms with E-state index < -0.39 is 11.9 Å². The number of rotatable bonds is 3. The minimum Gasteiger partial charge on any atom is -0.465 e. The molecule has 0 saturated carbocycles. The molecule has 1 aromatic heterocycles. The van der Waals surface area contributed by atoms with Gasteiger partial charge in [0.2, 0.25) is 0 Å². The molecule has 0 spiro atoms. The second-order valence-electron chi connectivity index (χ2n) is 5.52. The summed E-state index contributed by atoms with van der Waals surface area (Å²) in [6, 6.07) is 5.30. The molecule has 2 heterocycles. The minimum atomic E-state index is -0.679. The topological polar surface area (TPSA) is 69.0 Å². The molecule has 2 aromatic rings. The lowest BCUT2D eigenvalue weighted by Gasteiger charge is -2.23. The van der Waals surface area contributed by atoms with Crippen molar-refractivity contribution >= 4 is 40.2 Å². The number of hydrogen-bond acceptors (Lipinski definition) is 6. The number of esters is 2. The van der Waals surface area contributed by atoms with E-state index in [9.17, 15) is 9.59 Å². The van der Waals surface area contributed by atoms with E-state index in [1.807, 2.05) is 19.1 Å². The lowest BCUT2D eigenvalue weighted by atomic mass is 10.1. The highest BCUT2D eigenvalue weighted by molar-refractivity contribution is 6.35. The number of carbonyl (C=O) groups is 2. The molecule has 0 aliphatic carbocycles. The van der Waals surface area contributed by atoms with Crippen molar-refractivity contribution in [1.29, 1.82) is 0 Å². The Morgan fingerprint density at radius 1 is 1.08 bits per heavy atom. The molecule has 7 heteroatoms. The molecule has 0 N–H and O–H groups in total. The van der Waals surface area contributed by atoms with E-state index in [0.717, 1.165) is 5.39 Å². The number of allylic oxidation sites excluding steroid dienone is 2. The number of benzene rings is 1. The molecule has 0 amide bonds. The maximum atomic E-state index is 12.4. The number of ether oxygens (including phenoxy) is 2. The van der Waals surface area contributed by atoms with Gasteiger partial charge in [0, 0.05) is 17.3 Å². The van der Waals surface area contributed by atoms with E-state index in [-0.39, 0.29) is 11.3 Å². The van der Waals surface area contributed by atoms with E-state index in [2.05, 4.69) is 0 Å². The molecule has 6 nitrogen and oxygen atoms in total. The van der Waals surface area contributed by atoms with Crippen LogP contribution in [0.3, 0.4) is 0 Å². The van der Waals surface area contributed by atoms with Gasteiger partial charge in [0.1, 0.15) is 11.5 Å². The fraction of sp³-hybridized carbons (Fsp3) is 0.158. The van der Waals surface area contributed by atoms with Crippen LogP contribution in [0.25, 0.3) is 11.0 Å². The monoisotopic (exact) mass is 373 g/mol. The van der Waals surface area contributed by atoms with Crippen LogP contribution in [0, 0.1) is 6.92 Å². The minimum absolute atomic E-state index is 0.0278. The molecule has 0 atom stereocenters. The summed E-state index contributed by atoms with van der Waals surface area (Å²) in [5.41, 5.74) is 1.23. The summed E-state index contributed by atoms with van der Waals surface area (Å²) in [5.74, 6) is -0.617. The molecule has 26 heavy (non-hydrogen) atoms. The van der Waals surface area contributed by atoms with Crippen molar-refractivity contribution in [1.82, 2.24) is 0 Å². The average Bonchev–Trinajstić information content (AvgIpc) is 2.87. The van der Waals surface area contributed by atoms with Gasteiger partial charge in [-0.3, -0.25) is 0 Å². The molecule has 0 bridgehead atoms. The van der Waals surface area contributed by atoms with E-state index >= 15 is 0 Å². The van der Waals surface area contributed by atoms with E-state index in [1.165, 1.54) is 25.2 Å². The number of aryl methyl sites for hydroxylation is 1. The normalized spacial score (nSPS) is 13.9. The predicted octanol–water partition coefficient (Wildman–Crippen LogP) is 3.88. The third-order valence-electron chi connectivity index (χ3n) is 3.85. The second-order valence-corrected chi connectivity index (χ2v) is 5.93. The zero-order valence-corrected chi connectivity index (χ0v) is 15.2. The van der Waals surface area contributed by atoms with Crippen LogP contribution >= 0.6 is 11.6 Å². The van der Waals surface area contributed by atoms with Gasteiger partial charge in [-0.15, -0.1) is 0 Å². The number of halogens is 1. The van der Waals surface area contributed by atoms with Gasteiger partial charge < -0.3 is 18.8 Å². The van der Waals surface area contributed by atoms with Crippen LogP contribution in [0.5, 0.6) is 0 Å². The quantitative estimate of drug-likeness (QED) is 0.760. The Balaban J connectivity index is 2.23. The Morgan fingerprint density at radius 2 is 1.81 bits per heavy atom. The number of anilines is 1. The lowest BCUT2D eigenvalue weighted by molar-refractivity contribution is -0.139. The number of fused-ring (bicyclic) bond motifs is 1. The van der Waals surface area contributed by atoms with Crippen LogP contribution in [0.4, 0.5) is 5.69 Å². The number of furan rings is 1. The second kappa shape index (κ2) is 7.09. The third kappa shape index (κ3) is 3.11. The number of methoxy groups -OCH3 is 2. The van der Waals surface area contributed by atoms with Crippen molar-refractivity contribution in [3.8, 4) is 0 Å². The van der Waals surface area contributed by atoms with Crippen molar-refractivity contribution in [3.05, 3.63) is 64.7 Å². The van der Waals surface area contributed by atoms with Crippen LogP contribution in [-0.4, -0.2) is 26.2 Å². The Hall–Kier alpha value is -2.99. The van der Waals surface area contributed by atoms with Gasteiger partial charge in [-0.1, -0.05) is 17.7 Å². The fourth-order valence-corrected chi connectivity index (χ4v) is 2.99. The molecule has 3 rings (SSSR count). The van der Waals surface area contributed by atoms with Gasteiger partial charge >= 0.3 is 11.9 Å². The summed E-state index contributed by atoms with van der Waals surface area (Å²) < 4.78 is 15.3. The van der Waals surface area contributed by atoms with Crippen molar-refractivity contribution < 1.29 is 23.5 Å². The maximum absolute atomic E-state index is 12.4. The Morgan fingerprint density at radius 3 is 2.50 bits per heavy atom. The lowest BCUT2D eigenvalue weighted by Crippen LogP contribution is -2.26. The smallest absolute Gasteiger partial charge is 0.355 e. The summed E-state index contributed by atoms with van der Waals surface area (Å²) in [7, 11) is 2.49. The SMILES string of the molecule is COC(=O)C1=C(C(=O)OC)N(c2cc(Cl)c3oc(C)cc3c2)C=CC=C1. The van der Waals surface area contributed by atoms with Gasteiger partial charge in [0.25, 0.3) is 0 Å². The molecule has 0 radical (unpaired) electrons. The molecule has 134 valence electrons. The zero-order chi connectivity index (χ0) is 18.8. The predicted molar refractivity (Wildman–Crippen MR) is 97.8 cm³/mol. The summed E-state index contributed by atoms with van der Waals surface area (Å²) in [5, 5.41) is 1.17. The van der Waals surface area contributed by atoms with Crippen LogP contribution in [0.2, 0.25) is 5.02 Å². The first-order valence-corrected chi connectivity index (χ1v) is 8.08. The molecular formula is C19H16ClNO5.